The highest BCUT2D eigenvalue weighted by molar-refractivity contribution is 5.83. The fourth-order valence-corrected chi connectivity index (χ4v) is 2.66. The zero-order valence-electron chi connectivity index (χ0n) is 11.7. The van der Waals surface area contributed by atoms with E-state index in [2.05, 4.69) is 5.32 Å². The average Bonchev–Trinajstić information content (AvgIpc) is 2.64. The minimum atomic E-state index is -0.252. The Bertz CT molecular complexity index is 348. The molecular formula is C13H23N3O3. The first-order chi connectivity index (χ1) is 9.09. The molecule has 2 aliphatic heterocycles. The van der Waals surface area contributed by atoms with E-state index >= 15 is 0 Å². The molecule has 0 aromatic rings. The molecule has 0 spiro atoms. The fraction of sp³-hybridized carbons (Fsp3) is 0.846. The van der Waals surface area contributed by atoms with Crippen molar-refractivity contribution in [3.8, 4) is 0 Å². The second-order valence-electron chi connectivity index (χ2n) is 5.19. The summed E-state index contributed by atoms with van der Waals surface area (Å²) in [6, 6.07) is -0.252. The third kappa shape index (κ3) is 3.45. The first-order valence-corrected chi connectivity index (χ1v) is 6.99. The van der Waals surface area contributed by atoms with E-state index in [1.165, 1.54) is 0 Å². The van der Waals surface area contributed by atoms with E-state index in [9.17, 15) is 9.59 Å². The van der Waals surface area contributed by atoms with Crippen LogP contribution in [-0.4, -0.2) is 73.1 Å². The molecule has 0 radical (unpaired) electrons. The predicted octanol–water partition coefficient (Wildman–Crippen LogP) is -0.556. The standard InChI is InChI=1S/C13H23N3O3/c1-10-12(14-4-9-19-10)13(18)16-6-3-5-15(7-8-16)11(2)17/h10,12,14H,3-9H2,1-2H3/t10-,12+/m1/s1. The van der Waals surface area contributed by atoms with Gasteiger partial charge >= 0.3 is 0 Å². The van der Waals surface area contributed by atoms with E-state index < -0.39 is 0 Å². The van der Waals surface area contributed by atoms with Crippen LogP contribution in [0, 0.1) is 0 Å². The molecule has 2 heterocycles. The van der Waals surface area contributed by atoms with Crippen LogP contribution in [0.4, 0.5) is 0 Å². The number of nitrogens with zero attached hydrogens (tertiary/aromatic N) is 2. The second-order valence-corrected chi connectivity index (χ2v) is 5.19. The summed E-state index contributed by atoms with van der Waals surface area (Å²) in [5.74, 6) is 0.180. The molecule has 0 aromatic carbocycles. The molecule has 0 aliphatic carbocycles. The second kappa shape index (κ2) is 6.34. The lowest BCUT2D eigenvalue weighted by atomic mass is 10.1. The van der Waals surface area contributed by atoms with Gasteiger partial charge in [-0.2, -0.15) is 0 Å². The number of ether oxygens (including phenoxy) is 1. The van der Waals surface area contributed by atoms with Crippen molar-refractivity contribution < 1.29 is 14.3 Å². The van der Waals surface area contributed by atoms with Gasteiger partial charge in [0.05, 0.1) is 12.7 Å². The molecule has 0 bridgehead atoms. The summed E-state index contributed by atoms with van der Waals surface area (Å²) in [5.41, 5.74) is 0. The van der Waals surface area contributed by atoms with E-state index in [1.54, 1.807) is 6.92 Å². The first-order valence-electron chi connectivity index (χ1n) is 6.99. The van der Waals surface area contributed by atoms with Crippen molar-refractivity contribution in [2.45, 2.75) is 32.4 Å². The van der Waals surface area contributed by atoms with Crippen LogP contribution in [0.3, 0.4) is 0 Å². The molecule has 2 fully saturated rings. The summed E-state index contributed by atoms with van der Waals surface area (Å²) in [4.78, 5) is 27.5. The Morgan fingerprint density at radius 2 is 1.84 bits per heavy atom. The van der Waals surface area contributed by atoms with Gasteiger partial charge in [-0.3, -0.25) is 9.59 Å². The van der Waals surface area contributed by atoms with Gasteiger partial charge in [-0.05, 0) is 13.3 Å². The Balaban J connectivity index is 1.93. The van der Waals surface area contributed by atoms with Gasteiger partial charge in [0, 0.05) is 39.6 Å². The van der Waals surface area contributed by atoms with Gasteiger partial charge in [-0.1, -0.05) is 0 Å². The van der Waals surface area contributed by atoms with Gasteiger partial charge in [0.25, 0.3) is 0 Å². The molecule has 108 valence electrons. The van der Waals surface area contributed by atoms with Gasteiger partial charge in [-0.15, -0.1) is 0 Å². The maximum absolute atomic E-state index is 12.5. The fourth-order valence-electron chi connectivity index (χ4n) is 2.66. The van der Waals surface area contributed by atoms with E-state index in [4.69, 9.17) is 4.74 Å². The molecule has 0 aromatic heterocycles. The third-order valence-corrected chi connectivity index (χ3v) is 3.84. The summed E-state index contributed by atoms with van der Waals surface area (Å²) in [6.45, 7) is 7.57. The molecule has 6 nitrogen and oxygen atoms in total. The van der Waals surface area contributed by atoms with Gasteiger partial charge < -0.3 is 19.9 Å². The van der Waals surface area contributed by atoms with Crippen molar-refractivity contribution in [1.29, 1.82) is 0 Å². The quantitative estimate of drug-likeness (QED) is 0.693. The van der Waals surface area contributed by atoms with Crippen LogP contribution in [0.2, 0.25) is 0 Å². The normalized spacial score (nSPS) is 28.9. The zero-order chi connectivity index (χ0) is 13.8. The van der Waals surface area contributed by atoms with Crippen molar-refractivity contribution in [2.75, 3.05) is 39.3 Å². The van der Waals surface area contributed by atoms with Crippen LogP contribution in [-0.2, 0) is 14.3 Å². The lowest BCUT2D eigenvalue weighted by Crippen LogP contribution is -2.56. The van der Waals surface area contributed by atoms with Crippen LogP contribution in [0.25, 0.3) is 0 Å². The van der Waals surface area contributed by atoms with Gasteiger partial charge in [0.2, 0.25) is 11.8 Å². The van der Waals surface area contributed by atoms with Crippen LogP contribution in [0.5, 0.6) is 0 Å². The molecule has 0 saturated carbocycles. The molecule has 1 N–H and O–H groups in total. The lowest BCUT2D eigenvalue weighted by Gasteiger charge is -2.33. The van der Waals surface area contributed by atoms with Crippen molar-refractivity contribution in [3.63, 3.8) is 0 Å². The number of rotatable bonds is 1. The van der Waals surface area contributed by atoms with E-state index in [1.807, 2.05) is 16.7 Å². The molecule has 2 saturated heterocycles. The maximum Gasteiger partial charge on any atom is 0.242 e. The highest BCUT2D eigenvalue weighted by Gasteiger charge is 2.32. The van der Waals surface area contributed by atoms with E-state index in [0.29, 0.717) is 32.8 Å². The smallest absolute Gasteiger partial charge is 0.242 e. The summed E-state index contributed by atoms with van der Waals surface area (Å²) in [6.07, 6.45) is 0.751. The summed E-state index contributed by atoms with van der Waals surface area (Å²) in [5, 5.41) is 3.22. The van der Waals surface area contributed by atoms with Crippen molar-refractivity contribution >= 4 is 11.8 Å². The molecule has 2 atom stereocenters. The Hall–Kier alpha value is -1.14. The topological polar surface area (TPSA) is 61.9 Å². The number of hydrogen-bond acceptors (Lipinski definition) is 4. The number of hydrogen-bond donors (Lipinski definition) is 1. The van der Waals surface area contributed by atoms with Crippen molar-refractivity contribution in [3.05, 3.63) is 0 Å². The molecule has 2 amide bonds. The molecular weight excluding hydrogens is 246 g/mol. The highest BCUT2D eigenvalue weighted by Crippen LogP contribution is 2.10. The zero-order valence-corrected chi connectivity index (χ0v) is 11.7. The monoisotopic (exact) mass is 269 g/mol. The maximum atomic E-state index is 12.5. The first kappa shape index (κ1) is 14.3. The third-order valence-electron chi connectivity index (χ3n) is 3.84. The van der Waals surface area contributed by atoms with Crippen molar-refractivity contribution in [1.82, 2.24) is 15.1 Å². The lowest BCUT2D eigenvalue weighted by molar-refractivity contribution is -0.139. The SMILES string of the molecule is CC(=O)N1CCCN(C(=O)[C@H]2NCCO[C@@H]2C)CC1. The van der Waals surface area contributed by atoms with Crippen LogP contribution in [0.1, 0.15) is 20.3 Å². The Morgan fingerprint density at radius 1 is 1.16 bits per heavy atom. The molecule has 6 heteroatoms. The van der Waals surface area contributed by atoms with Gasteiger partial charge in [0.1, 0.15) is 6.04 Å². The number of morpholine rings is 1. The van der Waals surface area contributed by atoms with Crippen LogP contribution in [0.15, 0.2) is 0 Å². The number of carbonyl (C=O) groups is 2. The summed E-state index contributed by atoms with van der Waals surface area (Å²) >= 11 is 0. The summed E-state index contributed by atoms with van der Waals surface area (Å²) in [7, 11) is 0. The largest absolute Gasteiger partial charge is 0.375 e. The summed E-state index contributed by atoms with van der Waals surface area (Å²) < 4.78 is 5.52. The van der Waals surface area contributed by atoms with Gasteiger partial charge in [0.15, 0.2) is 0 Å². The Morgan fingerprint density at radius 3 is 2.53 bits per heavy atom. The number of nitrogens with one attached hydrogen (secondary N) is 1. The van der Waals surface area contributed by atoms with Gasteiger partial charge in [-0.25, -0.2) is 0 Å². The molecule has 2 aliphatic rings. The van der Waals surface area contributed by atoms with Crippen molar-refractivity contribution in [2.24, 2.45) is 0 Å². The minimum Gasteiger partial charge on any atom is -0.375 e. The number of carbonyl (C=O) groups excluding carboxylic acids is 2. The minimum absolute atomic E-state index is 0.0850. The number of amides is 2. The highest BCUT2D eigenvalue weighted by atomic mass is 16.5. The van der Waals surface area contributed by atoms with E-state index in [-0.39, 0.29) is 24.0 Å². The Kier molecular flexibility index (Phi) is 4.76. The molecule has 0 unspecified atom stereocenters. The average molecular weight is 269 g/mol. The molecule has 2 rings (SSSR count). The van der Waals surface area contributed by atoms with E-state index in [0.717, 1.165) is 13.0 Å². The molecule has 19 heavy (non-hydrogen) atoms. The van der Waals surface area contributed by atoms with Crippen LogP contribution >= 0.6 is 0 Å². The van der Waals surface area contributed by atoms with Crippen LogP contribution < -0.4 is 5.32 Å². The predicted molar refractivity (Wildman–Crippen MR) is 70.7 cm³/mol. The Labute approximate surface area is 114 Å².